The molecule has 0 amide bonds. The maximum Gasteiger partial charge on any atom is 0.431 e. The maximum absolute atomic E-state index is 12.9. The highest BCUT2D eigenvalue weighted by molar-refractivity contribution is 6.05. The summed E-state index contributed by atoms with van der Waals surface area (Å²) in [6, 6.07) is 13.2. The maximum atomic E-state index is 12.9. The van der Waals surface area contributed by atoms with Crippen molar-refractivity contribution in [2.75, 3.05) is 7.11 Å². The summed E-state index contributed by atoms with van der Waals surface area (Å²) in [5.74, 6) is -0.691. The minimum absolute atomic E-state index is 0.0688. The molecule has 0 aliphatic heterocycles. The largest absolute Gasteiger partial charge is 0.465 e. The number of alkyl halides is 3. The SMILES string of the molecule is COC(=O)c1cc(-c2ccccc2)cc2cc(C(F)(F)F)[nH]c12. The fourth-order valence-electron chi connectivity index (χ4n) is 2.47. The van der Waals surface area contributed by atoms with Gasteiger partial charge < -0.3 is 9.72 Å². The molecule has 0 atom stereocenters. The molecule has 6 heteroatoms. The van der Waals surface area contributed by atoms with Crippen LogP contribution in [-0.4, -0.2) is 18.1 Å². The van der Waals surface area contributed by atoms with Crippen LogP contribution in [0.15, 0.2) is 48.5 Å². The molecule has 0 fully saturated rings. The predicted octanol–water partition coefficient (Wildman–Crippen LogP) is 4.64. The lowest BCUT2D eigenvalue weighted by atomic mass is 10.0. The zero-order valence-electron chi connectivity index (χ0n) is 12.1. The van der Waals surface area contributed by atoms with Crippen molar-refractivity contribution in [3.8, 4) is 11.1 Å². The van der Waals surface area contributed by atoms with Crippen molar-refractivity contribution in [1.82, 2.24) is 4.98 Å². The fourth-order valence-corrected chi connectivity index (χ4v) is 2.47. The Bertz CT molecular complexity index is 867. The van der Waals surface area contributed by atoms with E-state index in [4.69, 9.17) is 0 Å². The summed E-state index contributed by atoms with van der Waals surface area (Å²) in [6.07, 6.45) is -4.51. The van der Waals surface area contributed by atoms with Gasteiger partial charge in [0.1, 0.15) is 5.69 Å². The molecular formula is C17H12F3NO2. The molecular weight excluding hydrogens is 307 g/mol. The molecule has 2 aromatic carbocycles. The van der Waals surface area contributed by atoms with E-state index in [9.17, 15) is 18.0 Å². The first-order valence-corrected chi connectivity index (χ1v) is 6.78. The minimum Gasteiger partial charge on any atom is -0.465 e. The number of benzene rings is 2. The molecule has 3 nitrogen and oxygen atoms in total. The van der Waals surface area contributed by atoms with Gasteiger partial charge in [-0.1, -0.05) is 30.3 Å². The molecule has 1 heterocycles. The highest BCUT2D eigenvalue weighted by Crippen LogP contribution is 2.34. The van der Waals surface area contributed by atoms with Gasteiger partial charge in [-0.2, -0.15) is 13.2 Å². The second-order valence-electron chi connectivity index (χ2n) is 5.03. The fraction of sp³-hybridized carbons (Fsp3) is 0.118. The molecule has 0 radical (unpaired) electrons. The average molecular weight is 319 g/mol. The van der Waals surface area contributed by atoms with Gasteiger partial charge in [-0.25, -0.2) is 4.79 Å². The number of H-pyrrole nitrogens is 1. The van der Waals surface area contributed by atoms with E-state index in [-0.39, 0.29) is 11.1 Å². The van der Waals surface area contributed by atoms with Gasteiger partial charge in [0.15, 0.2) is 0 Å². The lowest BCUT2D eigenvalue weighted by Crippen LogP contribution is -2.05. The second-order valence-corrected chi connectivity index (χ2v) is 5.03. The van der Waals surface area contributed by atoms with Crippen LogP contribution in [0, 0.1) is 0 Å². The number of nitrogens with one attached hydrogen (secondary N) is 1. The van der Waals surface area contributed by atoms with Gasteiger partial charge in [0.2, 0.25) is 0 Å². The summed E-state index contributed by atoms with van der Waals surface area (Å²) in [5.41, 5.74) is 0.728. The van der Waals surface area contributed by atoms with Crippen molar-refractivity contribution < 1.29 is 22.7 Å². The summed E-state index contributed by atoms with van der Waals surface area (Å²) in [4.78, 5) is 14.2. The number of carbonyl (C=O) groups excluding carboxylic acids is 1. The van der Waals surface area contributed by atoms with Crippen LogP contribution in [0.2, 0.25) is 0 Å². The first kappa shape index (κ1) is 15.1. The Labute approximate surface area is 129 Å². The predicted molar refractivity (Wildman–Crippen MR) is 80.1 cm³/mol. The number of aromatic nitrogens is 1. The summed E-state index contributed by atoms with van der Waals surface area (Å²) >= 11 is 0. The van der Waals surface area contributed by atoms with Crippen LogP contribution in [0.3, 0.4) is 0 Å². The first-order chi connectivity index (χ1) is 10.9. The topological polar surface area (TPSA) is 42.1 Å². The minimum atomic E-state index is -4.51. The monoisotopic (exact) mass is 319 g/mol. The highest BCUT2D eigenvalue weighted by atomic mass is 19.4. The molecule has 0 bridgehead atoms. The van der Waals surface area contributed by atoms with E-state index >= 15 is 0 Å². The molecule has 1 N–H and O–H groups in total. The first-order valence-electron chi connectivity index (χ1n) is 6.78. The van der Waals surface area contributed by atoms with Crippen LogP contribution in [0.25, 0.3) is 22.0 Å². The molecule has 0 aliphatic carbocycles. The zero-order valence-corrected chi connectivity index (χ0v) is 12.1. The van der Waals surface area contributed by atoms with E-state index in [1.54, 1.807) is 6.07 Å². The lowest BCUT2D eigenvalue weighted by Gasteiger charge is -2.07. The summed E-state index contributed by atoms with van der Waals surface area (Å²) in [6.45, 7) is 0. The van der Waals surface area contributed by atoms with E-state index in [1.165, 1.54) is 13.2 Å². The Morgan fingerprint density at radius 3 is 2.35 bits per heavy atom. The summed E-state index contributed by atoms with van der Waals surface area (Å²) in [5, 5.41) is 0.305. The third-order valence-corrected chi connectivity index (χ3v) is 3.55. The smallest absolute Gasteiger partial charge is 0.431 e. The molecule has 0 saturated heterocycles. The molecule has 0 unspecified atom stereocenters. The van der Waals surface area contributed by atoms with E-state index in [0.29, 0.717) is 10.9 Å². The average Bonchev–Trinajstić information content (AvgIpc) is 2.98. The zero-order chi connectivity index (χ0) is 16.6. The number of halogens is 3. The Morgan fingerprint density at radius 2 is 1.74 bits per heavy atom. The number of esters is 1. The van der Waals surface area contributed by atoms with Crippen molar-refractivity contribution >= 4 is 16.9 Å². The molecule has 118 valence electrons. The Hall–Kier alpha value is -2.76. The van der Waals surface area contributed by atoms with Crippen LogP contribution >= 0.6 is 0 Å². The van der Waals surface area contributed by atoms with E-state index in [1.807, 2.05) is 30.3 Å². The van der Waals surface area contributed by atoms with Crippen LogP contribution in [-0.2, 0) is 10.9 Å². The Kier molecular flexibility index (Phi) is 3.60. The quantitative estimate of drug-likeness (QED) is 0.699. The molecule has 3 rings (SSSR count). The molecule has 1 aromatic heterocycles. The highest BCUT2D eigenvalue weighted by Gasteiger charge is 2.33. The number of carbonyl (C=O) groups is 1. The van der Waals surface area contributed by atoms with E-state index in [2.05, 4.69) is 9.72 Å². The summed E-state index contributed by atoms with van der Waals surface area (Å²) in [7, 11) is 1.19. The van der Waals surface area contributed by atoms with Crippen LogP contribution in [0.5, 0.6) is 0 Å². The van der Waals surface area contributed by atoms with Gasteiger partial charge in [0.05, 0.1) is 18.2 Å². The van der Waals surface area contributed by atoms with Crippen molar-refractivity contribution in [3.05, 3.63) is 59.8 Å². The lowest BCUT2D eigenvalue weighted by molar-refractivity contribution is -0.140. The number of methoxy groups -OCH3 is 1. The van der Waals surface area contributed by atoms with Crippen molar-refractivity contribution in [1.29, 1.82) is 0 Å². The van der Waals surface area contributed by atoms with Gasteiger partial charge in [0.25, 0.3) is 0 Å². The Balaban J connectivity index is 2.27. The molecule has 23 heavy (non-hydrogen) atoms. The number of aromatic amines is 1. The van der Waals surface area contributed by atoms with E-state index in [0.717, 1.165) is 11.6 Å². The van der Waals surface area contributed by atoms with Gasteiger partial charge in [-0.15, -0.1) is 0 Å². The second kappa shape index (κ2) is 5.46. The van der Waals surface area contributed by atoms with Crippen LogP contribution in [0.4, 0.5) is 13.2 Å². The van der Waals surface area contributed by atoms with Gasteiger partial charge in [-0.3, -0.25) is 0 Å². The molecule has 0 spiro atoms. The van der Waals surface area contributed by atoms with Crippen LogP contribution < -0.4 is 0 Å². The summed E-state index contributed by atoms with van der Waals surface area (Å²) < 4.78 is 43.4. The third kappa shape index (κ3) is 2.79. The standard InChI is InChI=1S/C17H12F3NO2/c1-23-16(22)13-8-11(10-5-3-2-4-6-10)7-12-9-14(17(18,19)20)21-15(12)13/h2-9,21H,1H3. The van der Waals surface area contributed by atoms with Gasteiger partial charge in [0, 0.05) is 5.39 Å². The number of ether oxygens (including phenoxy) is 1. The van der Waals surface area contributed by atoms with Crippen molar-refractivity contribution in [2.45, 2.75) is 6.18 Å². The number of hydrogen-bond acceptors (Lipinski definition) is 2. The Morgan fingerprint density at radius 1 is 1.04 bits per heavy atom. The molecule has 0 saturated carbocycles. The third-order valence-electron chi connectivity index (χ3n) is 3.55. The number of fused-ring (bicyclic) bond motifs is 1. The van der Waals surface area contributed by atoms with Crippen molar-refractivity contribution in [3.63, 3.8) is 0 Å². The van der Waals surface area contributed by atoms with Gasteiger partial charge in [-0.05, 0) is 29.3 Å². The van der Waals surface area contributed by atoms with Crippen LogP contribution in [0.1, 0.15) is 16.1 Å². The van der Waals surface area contributed by atoms with Gasteiger partial charge >= 0.3 is 12.1 Å². The number of rotatable bonds is 2. The normalized spacial score (nSPS) is 11.7. The number of hydrogen-bond donors (Lipinski definition) is 1. The van der Waals surface area contributed by atoms with E-state index < -0.39 is 17.8 Å². The molecule has 0 aliphatic rings. The molecule has 3 aromatic rings. The van der Waals surface area contributed by atoms with Crippen molar-refractivity contribution in [2.24, 2.45) is 0 Å².